The number of nitrogens with zero attached hydrogens (tertiary/aromatic N) is 6. The number of hydrogen-bond acceptors (Lipinski definition) is 10. The molecule has 0 amide bonds. The van der Waals surface area contributed by atoms with Crippen molar-refractivity contribution in [3.05, 3.63) is 47.5 Å². The van der Waals surface area contributed by atoms with Gasteiger partial charge in [0.1, 0.15) is 22.4 Å². The van der Waals surface area contributed by atoms with Gasteiger partial charge in [0, 0.05) is 55.0 Å². The number of rotatable bonds is 5. The Kier molecular flexibility index (Phi) is 5.90. The zero-order valence-corrected chi connectivity index (χ0v) is 22.0. The molecule has 190 valence electrons. The van der Waals surface area contributed by atoms with Crippen LogP contribution in [-0.2, 0) is 6.42 Å². The normalized spacial score (nSPS) is 21.6. The Morgan fingerprint density at radius 3 is 2.58 bits per heavy atom. The van der Waals surface area contributed by atoms with Gasteiger partial charge in [-0.2, -0.15) is 0 Å². The number of aliphatic hydroxyl groups is 1. The van der Waals surface area contributed by atoms with Crippen molar-refractivity contribution in [2.45, 2.75) is 54.7 Å². The second-order valence-electron chi connectivity index (χ2n) is 10.7. The van der Waals surface area contributed by atoms with Gasteiger partial charge in [0.25, 0.3) is 0 Å². The number of nitrogens with two attached hydrogens (primary N) is 1. The Hall–Kier alpha value is -2.40. The fourth-order valence-electron chi connectivity index (χ4n) is 5.51. The average Bonchev–Trinajstić information content (AvgIpc) is 3.37. The van der Waals surface area contributed by atoms with Gasteiger partial charge in [0.2, 0.25) is 0 Å². The van der Waals surface area contributed by atoms with Gasteiger partial charge < -0.3 is 25.1 Å². The molecule has 6 rings (SSSR count). The van der Waals surface area contributed by atoms with E-state index in [2.05, 4.69) is 24.8 Å². The summed E-state index contributed by atoms with van der Waals surface area (Å²) in [7, 11) is 0. The standard InChI is InChI=1S/C25H30ClN7O2S/c1-24(2,34)15-12-33(13-15)23-20(26)17(3-6-28-23)36-19-11-29-18(10-30-19)32-7-4-25(5-8-32)9-16-21(22(25)27)31-14-35-16/h3,6,10-11,14-15,22,34H,4-5,7-9,12-13,27H2,1-2H3. The van der Waals surface area contributed by atoms with Crippen LogP contribution in [0.2, 0.25) is 5.02 Å². The first kappa shape index (κ1) is 24.0. The first-order valence-electron chi connectivity index (χ1n) is 12.3. The largest absolute Gasteiger partial charge is 0.448 e. The molecule has 11 heteroatoms. The molecule has 2 fully saturated rings. The summed E-state index contributed by atoms with van der Waals surface area (Å²) in [5, 5.41) is 11.6. The second-order valence-corrected chi connectivity index (χ2v) is 12.1. The van der Waals surface area contributed by atoms with Gasteiger partial charge >= 0.3 is 0 Å². The van der Waals surface area contributed by atoms with Crippen LogP contribution in [0.25, 0.3) is 0 Å². The number of pyridine rings is 1. The van der Waals surface area contributed by atoms with Crippen molar-refractivity contribution in [2.24, 2.45) is 17.1 Å². The number of anilines is 2. The van der Waals surface area contributed by atoms with Gasteiger partial charge in [0.15, 0.2) is 6.39 Å². The molecule has 1 aliphatic carbocycles. The zero-order valence-electron chi connectivity index (χ0n) is 20.4. The van der Waals surface area contributed by atoms with Crippen LogP contribution in [0.4, 0.5) is 11.6 Å². The van der Waals surface area contributed by atoms with E-state index in [9.17, 15) is 5.11 Å². The quantitative estimate of drug-likeness (QED) is 0.508. The molecule has 3 aromatic rings. The fourth-order valence-corrected chi connectivity index (χ4v) is 6.60. The molecule has 1 atom stereocenters. The summed E-state index contributed by atoms with van der Waals surface area (Å²) in [6, 6.07) is 1.83. The van der Waals surface area contributed by atoms with Crippen molar-refractivity contribution in [3.63, 3.8) is 0 Å². The zero-order chi connectivity index (χ0) is 25.1. The van der Waals surface area contributed by atoms with E-state index < -0.39 is 5.60 Å². The molecule has 5 heterocycles. The number of hydrogen-bond donors (Lipinski definition) is 2. The number of piperidine rings is 1. The third-order valence-corrected chi connectivity index (χ3v) is 9.53. The van der Waals surface area contributed by atoms with E-state index in [0.29, 0.717) is 5.02 Å². The minimum absolute atomic E-state index is 0.0291. The molecule has 0 radical (unpaired) electrons. The highest BCUT2D eigenvalue weighted by atomic mass is 35.5. The Labute approximate surface area is 219 Å². The van der Waals surface area contributed by atoms with Gasteiger partial charge in [-0.15, -0.1) is 0 Å². The van der Waals surface area contributed by atoms with Crippen LogP contribution < -0.4 is 15.5 Å². The summed E-state index contributed by atoms with van der Waals surface area (Å²) in [5.41, 5.74) is 6.81. The van der Waals surface area contributed by atoms with Crippen LogP contribution in [0.15, 0.2) is 45.4 Å². The lowest BCUT2D eigenvalue weighted by atomic mass is 9.73. The van der Waals surface area contributed by atoms with E-state index in [-0.39, 0.29) is 17.4 Å². The van der Waals surface area contributed by atoms with Gasteiger partial charge in [-0.3, -0.25) is 0 Å². The van der Waals surface area contributed by atoms with Crippen LogP contribution in [0.3, 0.4) is 0 Å². The Bertz CT molecular complexity index is 1250. The number of oxazole rings is 1. The first-order valence-corrected chi connectivity index (χ1v) is 13.5. The van der Waals surface area contributed by atoms with E-state index in [0.717, 1.165) is 78.5 Å². The molecular weight excluding hydrogens is 498 g/mol. The third-order valence-electron chi connectivity index (χ3n) is 8.07. The molecule has 2 aliphatic heterocycles. The second kappa shape index (κ2) is 8.86. The molecule has 1 spiro atoms. The summed E-state index contributed by atoms with van der Waals surface area (Å²) in [6.45, 7) is 6.91. The van der Waals surface area contributed by atoms with Crippen molar-refractivity contribution in [1.82, 2.24) is 19.9 Å². The Morgan fingerprint density at radius 2 is 1.92 bits per heavy atom. The fraction of sp³-hybridized carbons (Fsp3) is 0.520. The summed E-state index contributed by atoms with van der Waals surface area (Å²) in [4.78, 5) is 23.4. The van der Waals surface area contributed by atoms with E-state index in [1.165, 1.54) is 18.2 Å². The summed E-state index contributed by atoms with van der Waals surface area (Å²) >= 11 is 8.19. The minimum atomic E-state index is -0.704. The predicted molar refractivity (Wildman–Crippen MR) is 138 cm³/mol. The molecule has 3 aliphatic rings. The molecule has 36 heavy (non-hydrogen) atoms. The maximum absolute atomic E-state index is 10.2. The summed E-state index contributed by atoms with van der Waals surface area (Å²) < 4.78 is 5.55. The van der Waals surface area contributed by atoms with E-state index >= 15 is 0 Å². The SMILES string of the molecule is CC(C)(O)C1CN(c2nccc(Sc3cnc(N4CCC5(CC4)Cc4ocnc4C5N)cn3)c2Cl)C1. The summed E-state index contributed by atoms with van der Waals surface area (Å²) in [6.07, 6.45) is 9.70. The monoisotopic (exact) mass is 527 g/mol. The smallest absolute Gasteiger partial charge is 0.181 e. The lowest BCUT2D eigenvalue weighted by molar-refractivity contribution is 0.00438. The molecule has 0 aromatic carbocycles. The van der Waals surface area contributed by atoms with Gasteiger partial charge in [-0.25, -0.2) is 19.9 Å². The van der Waals surface area contributed by atoms with E-state index in [1.54, 1.807) is 12.4 Å². The molecule has 0 saturated carbocycles. The lowest BCUT2D eigenvalue weighted by Gasteiger charge is -2.46. The van der Waals surface area contributed by atoms with Crippen molar-refractivity contribution in [2.75, 3.05) is 36.0 Å². The number of aromatic nitrogens is 4. The van der Waals surface area contributed by atoms with Crippen LogP contribution in [-0.4, -0.2) is 56.8 Å². The van der Waals surface area contributed by atoms with Crippen molar-refractivity contribution >= 4 is 35.0 Å². The number of halogens is 1. The third kappa shape index (κ3) is 4.13. The topological polar surface area (TPSA) is 117 Å². The van der Waals surface area contributed by atoms with Gasteiger partial charge in [0.05, 0.1) is 34.8 Å². The highest BCUT2D eigenvalue weighted by Gasteiger charge is 2.48. The van der Waals surface area contributed by atoms with Crippen LogP contribution >= 0.6 is 23.4 Å². The molecule has 2 saturated heterocycles. The van der Waals surface area contributed by atoms with Crippen LogP contribution in [0.1, 0.15) is 44.2 Å². The van der Waals surface area contributed by atoms with Crippen molar-refractivity contribution < 1.29 is 9.52 Å². The maximum atomic E-state index is 10.2. The highest BCUT2D eigenvalue weighted by Crippen LogP contribution is 2.50. The molecule has 3 N–H and O–H groups in total. The van der Waals surface area contributed by atoms with Crippen LogP contribution in [0.5, 0.6) is 0 Å². The molecule has 1 unspecified atom stereocenters. The molecule has 3 aromatic heterocycles. The Morgan fingerprint density at radius 1 is 1.14 bits per heavy atom. The maximum Gasteiger partial charge on any atom is 0.181 e. The molecule has 9 nitrogen and oxygen atoms in total. The van der Waals surface area contributed by atoms with Crippen LogP contribution in [0, 0.1) is 11.3 Å². The molecule has 0 bridgehead atoms. The van der Waals surface area contributed by atoms with Crippen molar-refractivity contribution in [3.8, 4) is 0 Å². The highest BCUT2D eigenvalue weighted by molar-refractivity contribution is 7.99. The van der Waals surface area contributed by atoms with E-state index in [4.69, 9.17) is 26.7 Å². The van der Waals surface area contributed by atoms with Gasteiger partial charge in [-0.05, 0) is 32.8 Å². The van der Waals surface area contributed by atoms with E-state index in [1.807, 2.05) is 26.1 Å². The van der Waals surface area contributed by atoms with Crippen molar-refractivity contribution in [1.29, 1.82) is 0 Å². The Balaban J connectivity index is 1.09. The minimum Gasteiger partial charge on any atom is -0.448 e. The lowest BCUT2D eigenvalue weighted by Crippen LogP contribution is -2.56. The predicted octanol–water partition coefficient (Wildman–Crippen LogP) is 3.71. The number of fused-ring (bicyclic) bond motifs is 1. The van der Waals surface area contributed by atoms with Gasteiger partial charge in [-0.1, -0.05) is 23.4 Å². The average molecular weight is 528 g/mol. The summed E-state index contributed by atoms with van der Waals surface area (Å²) in [5.74, 6) is 2.77. The molecular formula is C25H30ClN7O2S. The first-order chi connectivity index (χ1) is 17.2.